The van der Waals surface area contributed by atoms with E-state index in [1.807, 2.05) is 0 Å². The van der Waals surface area contributed by atoms with Crippen LogP contribution in [0, 0.1) is 16.0 Å². The number of benzene rings is 1. The van der Waals surface area contributed by atoms with E-state index in [0.29, 0.717) is 5.56 Å². The molecule has 18 heteroatoms. The summed E-state index contributed by atoms with van der Waals surface area (Å²) in [5.41, 5.74) is 0.760. The SMILES string of the molecule is C/C=C1/[C@H](O[C@@H]2O[C@H](COC(C)=O)[C@@H](OC(C)=O)[C@H](OC(C)=O)[C@H]2OC(C)=O)OC=C(C(=O)OC)[C@H]1CC(=O)OCCc1ccc([N+](=O)[O-])cc1. The first-order chi connectivity index (χ1) is 24.1. The Hall–Kier alpha value is -5.36. The van der Waals surface area contributed by atoms with Crippen molar-refractivity contribution >= 4 is 41.5 Å². The molecule has 3 rings (SSSR count). The van der Waals surface area contributed by atoms with Crippen molar-refractivity contribution in [2.75, 3.05) is 20.3 Å². The molecule has 2 aliphatic heterocycles. The number of carbonyl (C=O) groups is 6. The molecule has 278 valence electrons. The van der Waals surface area contributed by atoms with Gasteiger partial charge in [-0.15, -0.1) is 0 Å². The number of hydrogen-bond donors (Lipinski definition) is 0. The van der Waals surface area contributed by atoms with Crippen molar-refractivity contribution < 1.29 is 76.3 Å². The Morgan fingerprint density at radius 1 is 0.863 bits per heavy atom. The van der Waals surface area contributed by atoms with Gasteiger partial charge in [-0.25, -0.2) is 4.79 Å². The topological polar surface area (TPSA) is 229 Å². The fourth-order valence-electron chi connectivity index (χ4n) is 5.34. The first kappa shape index (κ1) is 40.1. The number of rotatable bonds is 14. The number of esters is 6. The molecule has 0 unspecified atom stereocenters. The number of methoxy groups -OCH3 is 1. The van der Waals surface area contributed by atoms with E-state index in [2.05, 4.69) is 0 Å². The summed E-state index contributed by atoms with van der Waals surface area (Å²) in [6.07, 6.45) is -6.46. The van der Waals surface area contributed by atoms with Crippen LogP contribution in [0.4, 0.5) is 5.69 Å². The van der Waals surface area contributed by atoms with Gasteiger partial charge in [-0.2, -0.15) is 0 Å². The minimum atomic E-state index is -1.63. The summed E-state index contributed by atoms with van der Waals surface area (Å²) < 4.78 is 49.5. The van der Waals surface area contributed by atoms with Gasteiger partial charge in [0.15, 0.2) is 18.3 Å². The average Bonchev–Trinajstić information content (AvgIpc) is 3.06. The third-order valence-electron chi connectivity index (χ3n) is 7.50. The predicted molar refractivity (Wildman–Crippen MR) is 168 cm³/mol. The largest absolute Gasteiger partial charge is 0.468 e. The number of nitrogens with zero attached hydrogens (tertiary/aromatic N) is 1. The van der Waals surface area contributed by atoms with E-state index < -0.39 is 90.3 Å². The zero-order chi connectivity index (χ0) is 37.8. The van der Waals surface area contributed by atoms with E-state index in [1.165, 1.54) is 30.3 Å². The van der Waals surface area contributed by atoms with Gasteiger partial charge in [-0.05, 0) is 12.5 Å². The molecule has 1 aromatic carbocycles. The zero-order valence-electron chi connectivity index (χ0n) is 28.7. The second-order valence-corrected chi connectivity index (χ2v) is 11.2. The van der Waals surface area contributed by atoms with E-state index in [0.717, 1.165) is 41.1 Å². The summed E-state index contributed by atoms with van der Waals surface area (Å²) in [6, 6.07) is 5.74. The number of nitro groups is 1. The first-order valence-corrected chi connectivity index (χ1v) is 15.6. The number of non-ortho nitro benzene ring substituents is 1. The zero-order valence-corrected chi connectivity index (χ0v) is 28.7. The van der Waals surface area contributed by atoms with Crippen molar-refractivity contribution in [1.29, 1.82) is 0 Å². The van der Waals surface area contributed by atoms with Gasteiger partial charge in [0.1, 0.15) is 12.7 Å². The van der Waals surface area contributed by atoms with Crippen molar-refractivity contribution in [3.05, 3.63) is 63.4 Å². The van der Waals surface area contributed by atoms with Crippen LogP contribution in [0.2, 0.25) is 0 Å². The maximum atomic E-state index is 13.1. The molecule has 0 amide bonds. The van der Waals surface area contributed by atoms with Crippen LogP contribution in [-0.4, -0.2) is 98.1 Å². The Balaban J connectivity index is 1.89. The lowest BCUT2D eigenvalue weighted by atomic mass is 9.86. The number of carbonyl (C=O) groups excluding carboxylic acids is 6. The highest BCUT2D eigenvalue weighted by Crippen LogP contribution is 2.37. The molecule has 0 saturated carbocycles. The van der Waals surface area contributed by atoms with Crippen LogP contribution in [0.25, 0.3) is 0 Å². The molecule has 7 atom stereocenters. The maximum Gasteiger partial charge on any atom is 0.337 e. The predicted octanol–water partition coefficient (Wildman–Crippen LogP) is 2.15. The lowest BCUT2D eigenvalue weighted by Crippen LogP contribution is -2.63. The first-order valence-electron chi connectivity index (χ1n) is 15.6. The smallest absolute Gasteiger partial charge is 0.337 e. The Bertz CT molecular complexity index is 1530. The van der Waals surface area contributed by atoms with Crippen LogP contribution in [0.5, 0.6) is 0 Å². The standard InChI is InChI=1S/C33H39NO17/c1-7-23-24(14-27(39)44-13-12-21-8-10-22(11-9-21)34(41)42)25(31(40)43-6)15-46-32(23)51-33-30(49-20(5)38)29(48-19(4)37)28(47-18(3)36)26(50-33)16-45-17(2)35/h7-11,15,24,26,28-30,32-33H,12-14,16H2,1-6H3/b23-7+/t24-,26+,28+,29-,30+,32-,33-/m0/s1. The van der Waals surface area contributed by atoms with E-state index in [9.17, 15) is 38.9 Å². The number of ether oxygens (including phenoxy) is 9. The normalized spacial score (nSPS) is 24.9. The highest BCUT2D eigenvalue weighted by atomic mass is 16.8. The van der Waals surface area contributed by atoms with Crippen LogP contribution in [0.15, 0.2) is 47.7 Å². The summed E-state index contributed by atoms with van der Waals surface area (Å²) >= 11 is 0. The Labute approximate surface area is 292 Å². The summed E-state index contributed by atoms with van der Waals surface area (Å²) in [7, 11) is 1.14. The fraction of sp³-hybridized carbons (Fsp3) is 0.515. The monoisotopic (exact) mass is 721 g/mol. The fourth-order valence-corrected chi connectivity index (χ4v) is 5.34. The number of nitro benzene ring substituents is 1. The lowest BCUT2D eigenvalue weighted by molar-refractivity contribution is -0.384. The van der Waals surface area contributed by atoms with Crippen LogP contribution < -0.4 is 0 Å². The molecule has 0 aromatic heterocycles. The van der Waals surface area contributed by atoms with Crippen molar-refractivity contribution in [2.24, 2.45) is 5.92 Å². The molecule has 2 aliphatic rings. The molecule has 51 heavy (non-hydrogen) atoms. The van der Waals surface area contributed by atoms with Gasteiger partial charge in [-0.3, -0.25) is 34.1 Å². The van der Waals surface area contributed by atoms with Crippen molar-refractivity contribution in [3.63, 3.8) is 0 Å². The van der Waals surface area contributed by atoms with Gasteiger partial charge in [0.05, 0.1) is 36.9 Å². The van der Waals surface area contributed by atoms with Gasteiger partial charge in [0.2, 0.25) is 12.6 Å². The molecule has 0 bridgehead atoms. The van der Waals surface area contributed by atoms with E-state index >= 15 is 0 Å². The molecule has 0 spiro atoms. The van der Waals surface area contributed by atoms with Gasteiger partial charge in [0, 0.05) is 57.7 Å². The van der Waals surface area contributed by atoms with Crippen molar-refractivity contribution in [3.8, 4) is 0 Å². The quantitative estimate of drug-likeness (QED) is 0.0881. The maximum absolute atomic E-state index is 13.1. The molecule has 1 saturated heterocycles. The van der Waals surface area contributed by atoms with Crippen LogP contribution in [0.1, 0.15) is 46.6 Å². The molecule has 0 radical (unpaired) electrons. The average molecular weight is 722 g/mol. The minimum absolute atomic E-state index is 0.0562. The third kappa shape index (κ3) is 11.3. The minimum Gasteiger partial charge on any atom is -0.468 e. The Morgan fingerprint density at radius 3 is 2.02 bits per heavy atom. The van der Waals surface area contributed by atoms with E-state index in [-0.39, 0.29) is 36.3 Å². The molecule has 18 nitrogen and oxygen atoms in total. The summed E-state index contributed by atoms with van der Waals surface area (Å²) in [5.74, 6) is -5.77. The summed E-state index contributed by atoms with van der Waals surface area (Å²) in [4.78, 5) is 84.3. The van der Waals surface area contributed by atoms with Crippen molar-refractivity contribution in [2.45, 2.75) is 84.5 Å². The number of allylic oxidation sites excluding steroid dienone is 1. The lowest BCUT2D eigenvalue weighted by Gasteiger charge is -2.45. The Morgan fingerprint density at radius 2 is 1.47 bits per heavy atom. The molecule has 1 fully saturated rings. The highest BCUT2D eigenvalue weighted by molar-refractivity contribution is 5.90. The van der Waals surface area contributed by atoms with Crippen LogP contribution in [0.3, 0.4) is 0 Å². The summed E-state index contributed by atoms with van der Waals surface area (Å²) in [5, 5.41) is 10.9. The van der Waals surface area contributed by atoms with Gasteiger partial charge >= 0.3 is 35.8 Å². The molecule has 2 heterocycles. The molecular weight excluding hydrogens is 682 g/mol. The van der Waals surface area contributed by atoms with Gasteiger partial charge < -0.3 is 42.6 Å². The third-order valence-corrected chi connectivity index (χ3v) is 7.50. The summed E-state index contributed by atoms with van der Waals surface area (Å²) in [6.45, 7) is 5.35. The van der Waals surface area contributed by atoms with Gasteiger partial charge in [-0.1, -0.05) is 18.2 Å². The molecular formula is C33H39NO17. The highest BCUT2D eigenvalue weighted by Gasteiger charge is 2.54. The molecule has 1 aromatic rings. The Kier molecular flexibility index (Phi) is 14.6. The van der Waals surface area contributed by atoms with Crippen LogP contribution in [-0.2, 0) is 77.8 Å². The molecule has 0 N–H and O–H groups in total. The van der Waals surface area contributed by atoms with E-state index in [4.69, 9.17) is 42.6 Å². The second kappa shape index (κ2) is 18.6. The van der Waals surface area contributed by atoms with Crippen molar-refractivity contribution in [1.82, 2.24) is 0 Å². The second-order valence-electron chi connectivity index (χ2n) is 11.2. The van der Waals surface area contributed by atoms with Crippen LogP contribution >= 0.6 is 0 Å². The number of hydrogen-bond acceptors (Lipinski definition) is 17. The molecule has 0 aliphatic carbocycles. The van der Waals surface area contributed by atoms with Gasteiger partial charge in [0.25, 0.3) is 5.69 Å². The van der Waals surface area contributed by atoms with E-state index in [1.54, 1.807) is 6.92 Å².